The van der Waals surface area contributed by atoms with Crippen molar-refractivity contribution in [1.82, 2.24) is 10.1 Å². The molecule has 0 spiro atoms. The number of hydrogen-bond donors (Lipinski definition) is 0. The fraction of sp³-hybridized carbons (Fsp3) is 0.444. The van der Waals surface area contributed by atoms with Crippen LogP contribution in [0.3, 0.4) is 0 Å². The van der Waals surface area contributed by atoms with Gasteiger partial charge < -0.3 is 19.1 Å². The molecule has 0 atom stereocenters. The van der Waals surface area contributed by atoms with Crippen molar-refractivity contribution >= 4 is 11.6 Å². The van der Waals surface area contributed by atoms with E-state index in [4.69, 9.17) is 9.26 Å². The van der Waals surface area contributed by atoms with Crippen LogP contribution in [0.2, 0.25) is 0 Å². The van der Waals surface area contributed by atoms with Gasteiger partial charge in [0.2, 0.25) is 5.76 Å². The van der Waals surface area contributed by atoms with Crippen LogP contribution >= 0.6 is 0 Å². The molecule has 2 heterocycles. The van der Waals surface area contributed by atoms with Crippen molar-refractivity contribution in [3.63, 3.8) is 0 Å². The number of benzene rings is 1. The first-order valence-corrected chi connectivity index (χ1v) is 8.18. The molecule has 1 aliphatic rings. The summed E-state index contributed by atoms with van der Waals surface area (Å²) in [6.07, 6.45) is 1.86. The minimum absolute atomic E-state index is 0.0986. The van der Waals surface area contributed by atoms with Gasteiger partial charge in [0, 0.05) is 37.9 Å². The topological polar surface area (TPSA) is 58.8 Å². The molecule has 1 aliphatic heterocycles. The Morgan fingerprint density at radius 3 is 2.50 bits per heavy atom. The maximum absolute atomic E-state index is 12.4. The summed E-state index contributed by atoms with van der Waals surface area (Å²) >= 11 is 0. The van der Waals surface area contributed by atoms with Gasteiger partial charge in [0.1, 0.15) is 5.75 Å². The van der Waals surface area contributed by atoms with E-state index in [2.05, 4.69) is 22.2 Å². The monoisotopic (exact) mass is 329 g/mol. The first-order chi connectivity index (χ1) is 11.6. The third kappa shape index (κ3) is 3.37. The minimum atomic E-state index is -0.0986. The highest BCUT2D eigenvalue weighted by Gasteiger charge is 2.27. The number of hydrogen-bond acceptors (Lipinski definition) is 5. The zero-order valence-electron chi connectivity index (χ0n) is 14.4. The lowest BCUT2D eigenvalue weighted by Crippen LogP contribution is -2.45. The van der Waals surface area contributed by atoms with E-state index in [0.717, 1.165) is 37.4 Å². The largest absolute Gasteiger partial charge is 0.497 e. The second-order valence-electron chi connectivity index (χ2n) is 6.16. The number of rotatable bonds is 4. The molecule has 0 bridgehead atoms. The lowest BCUT2D eigenvalue weighted by Gasteiger charge is -2.37. The standard InChI is InChI=1S/C18H23N3O3/c1-13-12-17(24-19-13)18(22)20(2)14-8-10-21(11-9-14)15-4-6-16(23-3)7-5-15/h4-7,12,14H,8-11H2,1-3H3. The summed E-state index contributed by atoms with van der Waals surface area (Å²) in [6.45, 7) is 3.65. The molecule has 1 fully saturated rings. The van der Waals surface area contributed by atoms with Crippen molar-refractivity contribution in [3.8, 4) is 5.75 Å². The maximum atomic E-state index is 12.4. The van der Waals surface area contributed by atoms with E-state index in [1.165, 1.54) is 5.69 Å². The number of ether oxygens (including phenoxy) is 1. The van der Waals surface area contributed by atoms with Crippen molar-refractivity contribution in [2.24, 2.45) is 0 Å². The zero-order chi connectivity index (χ0) is 17.1. The number of nitrogens with zero attached hydrogens (tertiary/aromatic N) is 3. The van der Waals surface area contributed by atoms with Crippen LogP contribution in [-0.4, -0.2) is 49.3 Å². The average Bonchev–Trinajstić information content (AvgIpc) is 3.07. The van der Waals surface area contributed by atoms with E-state index >= 15 is 0 Å². The summed E-state index contributed by atoms with van der Waals surface area (Å²) < 4.78 is 10.3. The van der Waals surface area contributed by atoms with Gasteiger partial charge in [-0.2, -0.15) is 0 Å². The Morgan fingerprint density at radius 2 is 1.96 bits per heavy atom. The Hall–Kier alpha value is -2.50. The van der Waals surface area contributed by atoms with Gasteiger partial charge in [0.05, 0.1) is 12.8 Å². The minimum Gasteiger partial charge on any atom is -0.497 e. The van der Waals surface area contributed by atoms with Gasteiger partial charge in [0.25, 0.3) is 5.91 Å². The molecule has 0 unspecified atom stereocenters. The first kappa shape index (κ1) is 16.4. The third-order valence-electron chi connectivity index (χ3n) is 4.61. The van der Waals surface area contributed by atoms with Gasteiger partial charge in [-0.3, -0.25) is 4.79 Å². The Bertz CT molecular complexity index is 688. The van der Waals surface area contributed by atoms with E-state index < -0.39 is 0 Å². The van der Waals surface area contributed by atoms with Crippen LogP contribution in [0.5, 0.6) is 5.75 Å². The molecule has 1 saturated heterocycles. The summed E-state index contributed by atoms with van der Waals surface area (Å²) in [6, 6.07) is 10.0. The maximum Gasteiger partial charge on any atom is 0.292 e. The van der Waals surface area contributed by atoms with Gasteiger partial charge in [0.15, 0.2) is 0 Å². The molecule has 2 aromatic rings. The number of carbonyl (C=O) groups excluding carboxylic acids is 1. The number of piperidine rings is 1. The van der Waals surface area contributed by atoms with Crippen molar-refractivity contribution in [2.45, 2.75) is 25.8 Å². The van der Waals surface area contributed by atoms with Gasteiger partial charge in [-0.15, -0.1) is 0 Å². The molecule has 1 aromatic carbocycles. The predicted molar refractivity (Wildman–Crippen MR) is 91.6 cm³/mol. The third-order valence-corrected chi connectivity index (χ3v) is 4.61. The Labute approximate surface area is 142 Å². The van der Waals surface area contributed by atoms with Crippen molar-refractivity contribution in [2.75, 3.05) is 32.1 Å². The SMILES string of the molecule is COc1ccc(N2CCC(N(C)C(=O)c3cc(C)no3)CC2)cc1. The van der Waals surface area contributed by atoms with Gasteiger partial charge >= 0.3 is 0 Å². The highest BCUT2D eigenvalue weighted by atomic mass is 16.5. The fourth-order valence-corrected chi connectivity index (χ4v) is 3.11. The summed E-state index contributed by atoms with van der Waals surface area (Å²) in [5.74, 6) is 1.08. The van der Waals surface area contributed by atoms with Crippen LogP contribution in [-0.2, 0) is 0 Å². The summed E-state index contributed by atoms with van der Waals surface area (Å²) in [7, 11) is 3.51. The summed E-state index contributed by atoms with van der Waals surface area (Å²) in [5, 5.41) is 3.79. The van der Waals surface area contributed by atoms with Crippen LogP contribution < -0.4 is 9.64 Å². The van der Waals surface area contributed by atoms with E-state index in [9.17, 15) is 4.79 Å². The number of methoxy groups -OCH3 is 1. The zero-order valence-corrected chi connectivity index (χ0v) is 14.4. The Kier molecular flexibility index (Phi) is 4.74. The van der Waals surface area contributed by atoms with Crippen LogP contribution in [0.4, 0.5) is 5.69 Å². The van der Waals surface area contributed by atoms with Gasteiger partial charge in [-0.25, -0.2) is 0 Å². The molecular formula is C18H23N3O3. The molecule has 1 aromatic heterocycles. The first-order valence-electron chi connectivity index (χ1n) is 8.18. The molecule has 0 saturated carbocycles. The number of aryl methyl sites for hydroxylation is 1. The summed E-state index contributed by atoms with van der Waals surface area (Å²) in [5.41, 5.74) is 1.91. The molecular weight excluding hydrogens is 306 g/mol. The van der Waals surface area contributed by atoms with Crippen LogP contribution in [0.1, 0.15) is 29.1 Å². The van der Waals surface area contributed by atoms with Gasteiger partial charge in [-0.05, 0) is 44.0 Å². The van der Waals surface area contributed by atoms with Crippen LogP contribution in [0.25, 0.3) is 0 Å². The van der Waals surface area contributed by atoms with Crippen molar-refractivity contribution in [3.05, 3.63) is 41.8 Å². The van der Waals surface area contributed by atoms with Crippen molar-refractivity contribution in [1.29, 1.82) is 0 Å². The second kappa shape index (κ2) is 6.95. The highest BCUT2D eigenvalue weighted by Crippen LogP contribution is 2.25. The molecule has 0 aliphatic carbocycles. The highest BCUT2D eigenvalue weighted by molar-refractivity contribution is 5.91. The Balaban J connectivity index is 1.58. The molecule has 1 amide bonds. The molecule has 24 heavy (non-hydrogen) atoms. The number of aromatic nitrogens is 1. The average molecular weight is 329 g/mol. The summed E-state index contributed by atoms with van der Waals surface area (Å²) in [4.78, 5) is 16.6. The molecule has 128 valence electrons. The van der Waals surface area contributed by atoms with Crippen LogP contribution in [0, 0.1) is 6.92 Å². The van der Waals surface area contributed by atoms with E-state index in [-0.39, 0.29) is 11.9 Å². The molecule has 0 radical (unpaired) electrons. The molecule has 0 N–H and O–H groups in total. The van der Waals surface area contributed by atoms with Crippen molar-refractivity contribution < 1.29 is 14.1 Å². The predicted octanol–water partition coefficient (Wildman–Crippen LogP) is 2.73. The number of carbonyl (C=O) groups is 1. The Morgan fingerprint density at radius 1 is 1.29 bits per heavy atom. The van der Waals surface area contributed by atoms with Gasteiger partial charge in [-0.1, -0.05) is 5.16 Å². The lowest BCUT2D eigenvalue weighted by atomic mass is 10.0. The normalized spacial score (nSPS) is 15.4. The number of anilines is 1. The van der Waals surface area contributed by atoms with E-state index in [0.29, 0.717) is 5.76 Å². The fourth-order valence-electron chi connectivity index (χ4n) is 3.11. The molecule has 6 nitrogen and oxygen atoms in total. The molecule has 3 rings (SSSR count). The number of amides is 1. The second-order valence-corrected chi connectivity index (χ2v) is 6.16. The quantitative estimate of drug-likeness (QED) is 0.863. The smallest absolute Gasteiger partial charge is 0.292 e. The van der Waals surface area contributed by atoms with E-state index in [1.807, 2.05) is 26.1 Å². The van der Waals surface area contributed by atoms with E-state index in [1.54, 1.807) is 18.1 Å². The molecule has 6 heteroatoms. The lowest BCUT2D eigenvalue weighted by molar-refractivity contribution is 0.0667. The van der Waals surface area contributed by atoms with Crippen LogP contribution in [0.15, 0.2) is 34.9 Å².